The number of nitrogens with zero attached hydrogens (tertiary/aromatic N) is 5. The highest BCUT2D eigenvalue weighted by atomic mass is 16.6. The van der Waals surface area contributed by atoms with Crippen LogP contribution in [0.5, 0.6) is 11.8 Å². The zero-order valence-electron chi connectivity index (χ0n) is 29.8. The Morgan fingerprint density at radius 3 is 2.16 bits per heavy atom. The maximum atomic E-state index is 12.5. The number of likely N-dealkylation sites (tertiary alicyclic amines) is 1. The molecule has 7 rings (SSSR count). The van der Waals surface area contributed by atoms with Gasteiger partial charge in [0, 0.05) is 55.8 Å². The second-order valence-corrected chi connectivity index (χ2v) is 14.9. The Morgan fingerprint density at radius 1 is 0.880 bits per heavy atom. The quantitative estimate of drug-likeness (QED) is 0.155. The first kappa shape index (κ1) is 33.4. The molecule has 0 atom stereocenters. The first-order valence-corrected chi connectivity index (χ1v) is 17.6. The Balaban J connectivity index is 1.07. The molecule has 1 aliphatic heterocycles. The maximum Gasteiger partial charge on any atom is 0.410 e. The SMILES string of the molecule is CN(c1ccc2c(-c3ccc(OCc4ccccc4)nc3OCc3ccccc3)nn(C)c2c1)C1CCC2(CC1)CN(C(=O)OC(C)(C)C)C2. The van der Waals surface area contributed by atoms with Crippen molar-refractivity contribution in [1.29, 1.82) is 0 Å². The molecule has 260 valence electrons. The Hall–Kier alpha value is -5.05. The number of hydrogen-bond donors (Lipinski definition) is 0. The Bertz CT molecular complexity index is 1940. The molecule has 1 saturated heterocycles. The van der Waals surface area contributed by atoms with Crippen molar-refractivity contribution < 1.29 is 19.0 Å². The lowest BCUT2D eigenvalue weighted by molar-refractivity contribution is -0.0504. The van der Waals surface area contributed by atoms with E-state index >= 15 is 0 Å². The minimum Gasteiger partial charge on any atom is -0.473 e. The van der Waals surface area contributed by atoms with Gasteiger partial charge in [-0.3, -0.25) is 4.68 Å². The summed E-state index contributed by atoms with van der Waals surface area (Å²) in [7, 11) is 4.19. The molecule has 0 N–H and O–H groups in total. The van der Waals surface area contributed by atoms with Gasteiger partial charge in [-0.15, -0.1) is 0 Å². The van der Waals surface area contributed by atoms with Gasteiger partial charge in [0.1, 0.15) is 24.5 Å². The number of aryl methyl sites for hydroxylation is 1. The molecule has 2 fully saturated rings. The zero-order valence-corrected chi connectivity index (χ0v) is 29.8. The van der Waals surface area contributed by atoms with E-state index in [4.69, 9.17) is 24.3 Å². The monoisotopic (exact) mass is 673 g/mol. The average Bonchev–Trinajstić information content (AvgIpc) is 3.43. The van der Waals surface area contributed by atoms with Crippen LogP contribution >= 0.6 is 0 Å². The summed E-state index contributed by atoms with van der Waals surface area (Å²) < 4.78 is 20.0. The largest absolute Gasteiger partial charge is 0.473 e. The van der Waals surface area contributed by atoms with Gasteiger partial charge in [-0.2, -0.15) is 10.1 Å². The number of aromatic nitrogens is 3. The number of benzene rings is 3. The minimum atomic E-state index is -0.465. The van der Waals surface area contributed by atoms with E-state index in [-0.39, 0.29) is 11.5 Å². The Morgan fingerprint density at radius 2 is 1.52 bits per heavy atom. The van der Waals surface area contributed by atoms with Gasteiger partial charge in [0.05, 0.1) is 11.1 Å². The fourth-order valence-electron chi connectivity index (χ4n) is 7.26. The van der Waals surface area contributed by atoms with E-state index in [1.807, 2.05) is 110 Å². The molecule has 3 heterocycles. The van der Waals surface area contributed by atoms with Crippen LogP contribution in [-0.4, -0.2) is 57.5 Å². The van der Waals surface area contributed by atoms with E-state index in [2.05, 4.69) is 30.1 Å². The molecule has 3 aromatic carbocycles. The highest BCUT2D eigenvalue weighted by molar-refractivity contribution is 5.96. The van der Waals surface area contributed by atoms with Crippen molar-refractivity contribution in [2.75, 3.05) is 25.0 Å². The molecule has 2 aliphatic rings. The number of ether oxygens (including phenoxy) is 3. The zero-order chi connectivity index (χ0) is 34.9. The van der Waals surface area contributed by atoms with E-state index in [1.54, 1.807) is 0 Å². The van der Waals surface area contributed by atoms with Crippen LogP contribution in [0, 0.1) is 5.41 Å². The normalized spacial score (nSPS) is 15.9. The molecule has 2 aromatic heterocycles. The molecule has 0 unspecified atom stereocenters. The highest BCUT2D eigenvalue weighted by Crippen LogP contribution is 2.46. The van der Waals surface area contributed by atoms with Gasteiger partial charge in [-0.1, -0.05) is 60.7 Å². The van der Waals surface area contributed by atoms with Gasteiger partial charge in [0.2, 0.25) is 11.8 Å². The molecule has 5 aromatic rings. The molecule has 9 nitrogen and oxygen atoms in total. The van der Waals surface area contributed by atoms with Gasteiger partial charge in [0.15, 0.2) is 0 Å². The van der Waals surface area contributed by atoms with E-state index < -0.39 is 5.60 Å². The number of hydrogen-bond acceptors (Lipinski definition) is 7. The van der Waals surface area contributed by atoms with Crippen LogP contribution in [-0.2, 0) is 25.0 Å². The van der Waals surface area contributed by atoms with Crippen LogP contribution in [0.3, 0.4) is 0 Å². The smallest absolute Gasteiger partial charge is 0.410 e. The molecular formula is C41H47N5O4. The molecule has 0 radical (unpaired) electrons. The molecule has 1 amide bonds. The molecule has 1 saturated carbocycles. The summed E-state index contributed by atoms with van der Waals surface area (Å²) in [6.07, 6.45) is 4.23. The number of anilines is 1. The summed E-state index contributed by atoms with van der Waals surface area (Å²) in [6, 6.07) is 31.1. The average molecular weight is 674 g/mol. The van der Waals surface area contributed by atoms with Crippen molar-refractivity contribution in [2.24, 2.45) is 12.5 Å². The Kier molecular flexibility index (Phi) is 9.16. The number of fused-ring (bicyclic) bond motifs is 1. The third-order valence-corrected chi connectivity index (χ3v) is 10.0. The van der Waals surface area contributed by atoms with Crippen molar-refractivity contribution in [3.05, 3.63) is 102 Å². The third kappa shape index (κ3) is 7.27. The van der Waals surface area contributed by atoms with Crippen molar-refractivity contribution in [3.63, 3.8) is 0 Å². The maximum absolute atomic E-state index is 12.5. The first-order valence-electron chi connectivity index (χ1n) is 17.6. The fraction of sp³-hybridized carbons (Fsp3) is 0.390. The Labute approximate surface area is 294 Å². The number of amides is 1. The van der Waals surface area contributed by atoms with Crippen molar-refractivity contribution in [1.82, 2.24) is 19.7 Å². The van der Waals surface area contributed by atoms with Crippen LogP contribution < -0.4 is 14.4 Å². The van der Waals surface area contributed by atoms with Crippen LogP contribution in [0.1, 0.15) is 57.6 Å². The van der Waals surface area contributed by atoms with Crippen LogP contribution in [0.25, 0.3) is 22.2 Å². The van der Waals surface area contributed by atoms with Crippen LogP contribution in [0.15, 0.2) is 91.0 Å². The number of rotatable bonds is 9. The number of carbonyl (C=O) groups excluding carboxylic acids is 1. The summed E-state index contributed by atoms with van der Waals surface area (Å²) in [5, 5.41) is 6.02. The predicted octanol–water partition coefficient (Wildman–Crippen LogP) is 8.41. The van der Waals surface area contributed by atoms with E-state index in [0.717, 1.165) is 72.1 Å². The fourth-order valence-corrected chi connectivity index (χ4v) is 7.26. The highest BCUT2D eigenvalue weighted by Gasteiger charge is 2.48. The molecule has 0 bridgehead atoms. The first-order chi connectivity index (χ1) is 24.1. The van der Waals surface area contributed by atoms with Gasteiger partial charge >= 0.3 is 6.09 Å². The second kappa shape index (κ2) is 13.7. The van der Waals surface area contributed by atoms with Gasteiger partial charge in [0.25, 0.3) is 0 Å². The number of pyridine rings is 1. The summed E-state index contributed by atoms with van der Waals surface area (Å²) in [4.78, 5) is 21.6. The van der Waals surface area contributed by atoms with E-state index in [0.29, 0.717) is 31.0 Å². The molecule has 9 heteroatoms. The minimum absolute atomic E-state index is 0.191. The topological polar surface area (TPSA) is 82.0 Å². The second-order valence-electron chi connectivity index (χ2n) is 14.9. The summed E-state index contributed by atoms with van der Waals surface area (Å²) in [5.41, 5.74) is 5.74. The molecule has 50 heavy (non-hydrogen) atoms. The van der Waals surface area contributed by atoms with Gasteiger partial charge in [-0.25, -0.2) is 4.79 Å². The number of carbonyl (C=O) groups is 1. The summed E-state index contributed by atoms with van der Waals surface area (Å²) in [5.74, 6) is 0.983. The summed E-state index contributed by atoms with van der Waals surface area (Å²) in [6.45, 7) is 8.15. The van der Waals surface area contributed by atoms with Crippen molar-refractivity contribution >= 4 is 22.7 Å². The third-order valence-electron chi connectivity index (χ3n) is 10.0. The van der Waals surface area contributed by atoms with Crippen molar-refractivity contribution in [3.8, 4) is 23.0 Å². The molecule has 1 aliphatic carbocycles. The van der Waals surface area contributed by atoms with Crippen molar-refractivity contribution in [2.45, 2.75) is 71.3 Å². The van der Waals surface area contributed by atoms with Gasteiger partial charge in [-0.05, 0) is 81.8 Å². The van der Waals surface area contributed by atoms with Gasteiger partial charge < -0.3 is 24.0 Å². The predicted molar refractivity (Wildman–Crippen MR) is 196 cm³/mol. The lowest BCUT2D eigenvalue weighted by Crippen LogP contribution is -2.61. The van der Waals surface area contributed by atoms with Crippen LogP contribution in [0.2, 0.25) is 0 Å². The van der Waals surface area contributed by atoms with Crippen LogP contribution in [0.4, 0.5) is 10.5 Å². The van der Waals surface area contributed by atoms with E-state index in [1.165, 1.54) is 5.69 Å². The standard InChI is InChI=1S/C41H47N5O4/c1-40(2,3)50-39(47)46-27-41(28-46)22-20-31(21-23-41)44(4)32-16-17-33-35(24-32)45(5)43-37(33)34-18-19-36(48-25-29-12-8-6-9-13-29)42-38(34)49-26-30-14-10-7-11-15-30/h6-19,24,31H,20-23,25-28H2,1-5H3. The van der Waals surface area contributed by atoms with E-state index in [9.17, 15) is 4.79 Å². The molecule has 1 spiro atoms. The molecular weight excluding hydrogens is 626 g/mol. The summed E-state index contributed by atoms with van der Waals surface area (Å²) >= 11 is 0. The lowest BCUT2D eigenvalue weighted by Gasteiger charge is -2.54. The lowest BCUT2D eigenvalue weighted by atomic mass is 9.67.